The van der Waals surface area contributed by atoms with Gasteiger partial charge in [0.1, 0.15) is 11.6 Å². The maximum absolute atomic E-state index is 13.0. The third kappa shape index (κ3) is 4.21. The average molecular weight is 314 g/mol. The molecule has 6 heteroatoms. The molecule has 0 radical (unpaired) electrons. The Kier molecular flexibility index (Phi) is 4.98. The number of carbonyl (C=O) groups excluding carboxylic acids is 1. The van der Waals surface area contributed by atoms with Crippen molar-refractivity contribution in [2.45, 2.75) is 19.6 Å². The first-order valence-electron chi connectivity index (χ1n) is 5.99. The van der Waals surface area contributed by atoms with Crippen LogP contribution in [-0.2, 0) is 11.3 Å². The molecule has 0 aliphatic rings. The normalized spacial score (nSPS) is 11.9. The lowest BCUT2D eigenvalue weighted by atomic mass is 10.3. The summed E-state index contributed by atoms with van der Waals surface area (Å²) in [4.78, 5) is 12.8. The molecule has 1 unspecified atom stereocenters. The van der Waals surface area contributed by atoms with E-state index < -0.39 is 11.9 Å². The number of carbonyl (C=O) groups is 1. The first-order valence-corrected chi connectivity index (χ1v) is 7.18. The monoisotopic (exact) mass is 313 g/mol. The van der Waals surface area contributed by atoms with Gasteiger partial charge < -0.3 is 10.1 Å². The molecule has 0 spiro atoms. The number of benzene rings is 1. The zero-order valence-corrected chi connectivity index (χ0v) is 12.3. The molecule has 20 heavy (non-hydrogen) atoms. The first-order chi connectivity index (χ1) is 9.54. The van der Waals surface area contributed by atoms with E-state index in [0.717, 1.165) is 4.88 Å². The van der Waals surface area contributed by atoms with Gasteiger partial charge >= 0.3 is 0 Å². The number of hydrogen-bond donors (Lipinski definition) is 1. The SMILES string of the molecule is CC(Oc1cccc(F)c1)C(=O)NCc1ccc(Cl)s1. The van der Waals surface area contributed by atoms with E-state index >= 15 is 0 Å². The van der Waals surface area contributed by atoms with Crippen LogP contribution in [-0.4, -0.2) is 12.0 Å². The van der Waals surface area contributed by atoms with Crippen molar-refractivity contribution < 1.29 is 13.9 Å². The Morgan fingerprint density at radius 2 is 2.25 bits per heavy atom. The van der Waals surface area contributed by atoms with Crippen LogP contribution >= 0.6 is 22.9 Å². The van der Waals surface area contributed by atoms with Crippen LogP contribution in [0.2, 0.25) is 4.34 Å². The molecule has 0 fully saturated rings. The van der Waals surface area contributed by atoms with Gasteiger partial charge in [-0.25, -0.2) is 4.39 Å². The van der Waals surface area contributed by atoms with Gasteiger partial charge in [-0.15, -0.1) is 11.3 Å². The maximum atomic E-state index is 13.0. The molecule has 2 aromatic rings. The van der Waals surface area contributed by atoms with Gasteiger partial charge in [0.2, 0.25) is 0 Å². The molecule has 0 saturated heterocycles. The number of thiophene rings is 1. The van der Waals surface area contributed by atoms with Crippen molar-refractivity contribution in [1.82, 2.24) is 5.32 Å². The first kappa shape index (κ1) is 14.8. The molecular weight excluding hydrogens is 301 g/mol. The molecule has 0 aliphatic carbocycles. The largest absolute Gasteiger partial charge is 0.481 e. The second kappa shape index (κ2) is 6.72. The second-order valence-corrected chi connectivity index (χ2v) is 5.94. The summed E-state index contributed by atoms with van der Waals surface area (Å²) in [5, 5.41) is 2.74. The summed E-state index contributed by atoms with van der Waals surface area (Å²) in [7, 11) is 0. The smallest absolute Gasteiger partial charge is 0.261 e. The van der Waals surface area contributed by atoms with E-state index in [1.165, 1.54) is 29.5 Å². The minimum atomic E-state index is -0.702. The highest BCUT2D eigenvalue weighted by Gasteiger charge is 2.14. The summed E-state index contributed by atoms with van der Waals surface area (Å²) >= 11 is 7.21. The molecule has 3 nitrogen and oxygen atoms in total. The molecule has 106 valence electrons. The Balaban J connectivity index is 1.85. The topological polar surface area (TPSA) is 38.3 Å². The zero-order chi connectivity index (χ0) is 14.5. The van der Waals surface area contributed by atoms with Crippen LogP contribution in [0.3, 0.4) is 0 Å². The number of hydrogen-bond acceptors (Lipinski definition) is 3. The third-order valence-corrected chi connectivity index (χ3v) is 3.78. The van der Waals surface area contributed by atoms with Gasteiger partial charge in [-0.2, -0.15) is 0 Å². The van der Waals surface area contributed by atoms with Crippen LogP contribution in [0, 0.1) is 5.82 Å². The van der Waals surface area contributed by atoms with Crippen LogP contribution in [0.1, 0.15) is 11.8 Å². The van der Waals surface area contributed by atoms with Crippen molar-refractivity contribution in [1.29, 1.82) is 0 Å². The van der Waals surface area contributed by atoms with Crippen LogP contribution < -0.4 is 10.1 Å². The quantitative estimate of drug-likeness (QED) is 0.915. The molecule has 1 heterocycles. The molecule has 1 aromatic carbocycles. The Morgan fingerprint density at radius 1 is 1.45 bits per heavy atom. The Bertz CT molecular complexity index is 602. The van der Waals surface area contributed by atoms with Gasteiger partial charge in [-0.05, 0) is 31.2 Å². The van der Waals surface area contributed by atoms with Crippen LogP contribution in [0.25, 0.3) is 0 Å². The number of halogens is 2. The molecule has 1 N–H and O–H groups in total. The third-order valence-electron chi connectivity index (χ3n) is 2.54. The Hall–Kier alpha value is -1.59. The highest BCUT2D eigenvalue weighted by atomic mass is 35.5. The molecule has 0 bridgehead atoms. The van der Waals surface area contributed by atoms with Crippen molar-refractivity contribution in [2.24, 2.45) is 0 Å². The maximum Gasteiger partial charge on any atom is 0.261 e. The summed E-state index contributed by atoms with van der Waals surface area (Å²) in [6.07, 6.45) is -0.702. The summed E-state index contributed by atoms with van der Waals surface area (Å²) in [6.45, 7) is 2.01. The van der Waals surface area contributed by atoms with Gasteiger partial charge in [-0.3, -0.25) is 4.79 Å². The molecule has 1 amide bonds. The predicted octanol–water partition coefficient (Wildman–Crippen LogP) is 3.62. The summed E-state index contributed by atoms with van der Waals surface area (Å²) in [6, 6.07) is 9.32. The minimum absolute atomic E-state index is 0.265. The minimum Gasteiger partial charge on any atom is -0.481 e. The van der Waals surface area contributed by atoms with Crippen molar-refractivity contribution in [3.05, 3.63) is 51.4 Å². The van der Waals surface area contributed by atoms with E-state index in [4.69, 9.17) is 16.3 Å². The van der Waals surface area contributed by atoms with Gasteiger partial charge in [0.25, 0.3) is 5.91 Å². The fraction of sp³-hybridized carbons (Fsp3) is 0.214. The predicted molar refractivity (Wildman–Crippen MR) is 77.7 cm³/mol. The van der Waals surface area contributed by atoms with Crippen LogP contribution in [0.15, 0.2) is 36.4 Å². The number of ether oxygens (including phenoxy) is 1. The second-order valence-electron chi connectivity index (χ2n) is 4.14. The fourth-order valence-electron chi connectivity index (χ4n) is 1.56. The van der Waals surface area contributed by atoms with Crippen molar-refractivity contribution in [3.63, 3.8) is 0 Å². The lowest BCUT2D eigenvalue weighted by Gasteiger charge is -2.14. The number of nitrogens with one attached hydrogen (secondary N) is 1. The fourth-order valence-corrected chi connectivity index (χ4v) is 2.59. The van der Waals surface area contributed by atoms with Gasteiger partial charge in [0.15, 0.2) is 6.10 Å². The standard InChI is InChI=1S/C14H13ClFNO2S/c1-9(19-11-4-2-3-10(16)7-11)14(18)17-8-12-5-6-13(15)20-12/h2-7,9H,8H2,1H3,(H,17,18). The van der Waals surface area contributed by atoms with Crippen LogP contribution in [0.4, 0.5) is 4.39 Å². The highest BCUT2D eigenvalue weighted by molar-refractivity contribution is 7.16. The van der Waals surface area contributed by atoms with Crippen molar-refractivity contribution in [2.75, 3.05) is 0 Å². The van der Waals surface area contributed by atoms with E-state index in [0.29, 0.717) is 16.6 Å². The van der Waals surface area contributed by atoms with Crippen molar-refractivity contribution in [3.8, 4) is 5.75 Å². The van der Waals surface area contributed by atoms with E-state index in [-0.39, 0.29) is 5.91 Å². The van der Waals surface area contributed by atoms with Gasteiger partial charge in [0.05, 0.1) is 10.9 Å². The molecule has 2 rings (SSSR count). The van der Waals surface area contributed by atoms with Gasteiger partial charge in [0, 0.05) is 10.9 Å². The van der Waals surface area contributed by atoms with E-state index in [1.807, 2.05) is 6.07 Å². The Morgan fingerprint density at radius 3 is 2.90 bits per heavy atom. The van der Waals surface area contributed by atoms with Crippen molar-refractivity contribution >= 4 is 28.8 Å². The summed E-state index contributed by atoms with van der Waals surface area (Å²) < 4.78 is 19.1. The lowest BCUT2D eigenvalue weighted by molar-refractivity contribution is -0.127. The van der Waals surface area contributed by atoms with E-state index in [1.54, 1.807) is 19.1 Å². The molecule has 1 aromatic heterocycles. The number of rotatable bonds is 5. The number of amides is 1. The van der Waals surface area contributed by atoms with Crippen LogP contribution in [0.5, 0.6) is 5.75 Å². The highest BCUT2D eigenvalue weighted by Crippen LogP contribution is 2.21. The lowest BCUT2D eigenvalue weighted by Crippen LogP contribution is -2.35. The molecule has 0 aliphatic heterocycles. The molecule has 0 saturated carbocycles. The van der Waals surface area contributed by atoms with Gasteiger partial charge in [-0.1, -0.05) is 17.7 Å². The van der Waals surface area contributed by atoms with E-state index in [2.05, 4.69) is 5.32 Å². The van der Waals surface area contributed by atoms with E-state index in [9.17, 15) is 9.18 Å². The summed E-state index contributed by atoms with van der Waals surface area (Å²) in [5.74, 6) is -0.339. The summed E-state index contributed by atoms with van der Waals surface area (Å²) in [5.41, 5.74) is 0. The average Bonchev–Trinajstić information content (AvgIpc) is 2.81. The molecular formula is C14H13ClFNO2S. The molecule has 1 atom stereocenters. The zero-order valence-electron chi connectivity index (χ0n) is 10.7. The Labute approximate surface area is 125 Å².